The van der Waals surface area contributed by atoms with Crippen LogP contribution in [0.1, 0.15) is 64.7 Å². The summed E-state index contributed by atoms with van der Waals surface area (Å²) in [6, 6.07) is 12.1. The Morgan fingerprint density at radius 2 is 1.88 bits per heavy atom. The number of amides is 1. The van der Waals surface area contributed by atoms with Gasteiger partial charge in [-0.25, -0.2) is 0 Å². The predicted molar refractivity (Wildman–Crippen MR) is 168 cm³/mol. The van der Waals surface area contributed by atoms with Crippen molar-refractivity contribution in [2.45, 2.75) is 75.2 Å². The number of allylic oxidation sites excluding steroid dienone is 1. The van der Waals surface area contributed by atoms with Crippen LogP contribution in [0.15, 0.2) is 59.0 Å². The first-order chi connectivity index (χ1) is 20.7. The minimum Gasteiger partial charge on any atom is -0.377 e. The molecule has 1 heterocycles. The maximum Gasteiger partial charge on any atom is 0.270 e. The summed E-state index contributed by atoms with van der Waals surface area (Å²) in [4.78, 5) is 34.4. The van der Waals surface area contributed by atoms with Gasteiger partial charge >= 0.3 is 0 Å². The Balaban J connectivity index is 0.000000155. The number of benzene rings is 2. The normalized spacial score (nSPS) is 32.3. The Bertz CT molecular complexity index is 1540. The molecule has 1 amide bonds. The summed E-state index contributed by atoms with van der Waals surface area (Å²) in [6.07, 6.45) is 16.9. The summed E-state index contributed by atoms with van der Waals surface area (Å²) in [5.74, 6) is 6.12. The van der Waals surface area contributed by atoms with Crippen molar-refractivity contribution in [3.05, 3.63) is 64.2 Å². The number of hydrogen-bond acceptors (Lipinski definition) is 6. The Hall–Kier alpha value is -3.41. The smallest absolute Gasteiger partial charge is 0.270 e. The van der Waals surface area contributed by atoms with Gasteiger partial charge in [0.05, 0.1) is 16.4 Å². The van der Waals surface area contributed by atoms with E-state index in [1.54, 1.807) is 12.1 Å². The molecule has 0 radical (unpaired) electrons. The van der Waals surface area contributed by atoms with Crippen LogP contribution in [-0.2, 0) is 9.59 Å². The van der Waals surface area contributed by atoms with Crippen LogP contribution in [-0.4, -0.2) is 33.1 Å². The summed E-state index contributed by atoms with van der Waals surface area (Å²) in [5, 5.41) is 24.7. The van der Waals surface area contributed by atoms with Crippen LogP contribution in [0.25, 0.3) is 11.1 Å². The SMILES string of the molecule is C#C[C@]1(O)CC[C@H]2[C@@H]3CCC4=CC(=O)CC[C@@H]4[C@H]3CC[C@@]21CC.O=C1CSc2cc(-c3cccc([N+](=O)[O-])c3)ccc2N1. The fourth-order valence-corrected chi connectivity index (χ4v) is 9.86. The molecule has 224 valence electrons. The van der Waals surface area contributed by atoms with Crippen molar-refractivity contribution in [2.75, 3.05) is 11.1 Å². The molecule has 0 spiro atoms. The molecule has 0 saturated heterocycles. The third kappa shape index (κ3) is 5.21. The van der Waals surface area contributed by atoms with Gasteiger partial charge in [-0.1, -0.05) is 36.6 Å². The van der Waals surface area contributed by atoms with Gasteiger partial charge in [-0.05, 0) is 104 Å². The van der Waals surface area contributed by atoms with E-state index in [-0.39, 0.29) is 17.0 Å². The number of thioether (sulfide) groups is 1. The van der Waals surface area contributed by atoms with Crippen LogP contribution in [0.5, 0.6) is 0 Å². The zero-order valence-electron chi connectivity index (χ0n) is 24.5. The van der Waals surface area contributed by atoms with Gasteiger partial charge in [0.25, 0.3) is 5.69 Å². The highest BCUT2D eigenvalue weighted by atomic mass is 32.2. The van der Waals surface area contributed by atoms with Crippen molar-refractivity contribution in [3.8, 4) is 23.5 Å². The number of fused-ring (bicyclic) bond motifs is 6. The number of anilines is 1. The predicted octanol–water partition coefficient (Wildman–Crippen LogP) is 7.19. The van der Waals surface area contributed by atoms with E-state index in [9.17, 15) is 24.8 Å². The second-order valence-corrected chi connectivity index (χ2v) is 13.8. The first kappa shape index (κ1) is 29.7. The maximum absolute atomic E-state index is 11.8. The number of nitro groups is 1. The summed E-state index contributed by atoms with van der Waals surface area (Å²) >= 11 is 1.47. The van der Waals surface area contributed by atoms with E-state index in [4.69, 9.17) is 6.42 Å². The molecule has 2 N–H and O–H groups in total. The molecule has 4 aliphatic carbocycles. The molecule has 0 bridgehead atoms. The van der Waals surface area contributed by atoms with E-state index in [0.717, 1.165) is 66.7 Å². The molecule has 5 aliphatic rings. The Kier molecular flexibility index (Phi) is 7.99. The van der Waals surface area contributed by atoms with E-state index in [1.807, 2.05) is 30.3 Å². The number of hydrogen-bond donors (Lipinski definition) is 2. The number of nitrogens with zero attached hydrogens (tertiary/aromatic N) is 1. The lowest BCUT2D eigenvalue weighted by Crippen LogP contribution is -2.53. The van der Waals surface area contributed by atoms with Crippen molar-refractivity contribution in [3.63, 3.8) is 0 Å². The number of aliphatic hydroxyl groups is 1. The van der Waals surface area contributed by atoms with Crippen LogP contribution in [0.4, 0.5) is 11.4 Å². The molecule has 43 heavy (non-hydrogen) atoms. The van der Waals surface area contributed by atoms with Crippen LogP contribution in [0.2, 0.25) is 0 Å². The fourth-order valence-electron chi connectivity index (χ4n) is 9.01. The highest BCUT2D eigenvalue weighted by molar-refractivity contribution is 8.00. The second kappa shape index (κ2) is 11.6. The topological polar surface area (TPSA) is 110 Å². The first-order valence-corrected chi connectivity index (χ1v) is 16.4. The van der Waals surface area contributed by atoms with E-state index in [2.05, 4.69) is 18.2 Å². The van der Waals surface area contributed by atoms with Crippen LogP contribution < -0.4 is 5.32 Å². The number of rotatable bonds is 3. The quantitative estimate of drug-likeness (QED) is 0.220. The van der Waals surface area contributed by atoms with Crippen LogP contribution in [0, 0.1) is 51.5 Å². The highest BCUT2D eigenvalue weighted by Gasteiger charge is 2.63. The number of terminal acetylenes is 1. The number of ketones is 1. The zero-order chi connectivity index (χ0) is 30.4. The number of carbonyl (C=O) groups excluding carboxylic acids is 2. The molecule has 6 atom stereocenters. The fraction of sp³-hybridized carbons (Fsp3) is 0.486. The van der Waals surface area contributed by atoms with Gasteiger partial charge in [-0.15, -0.1) is 18.2 Å². The molecule has 8 heteroatoms. The third-order valence-electron chi connectivity index (χ3n) is 11.0. The van der Waals surface area contributed by atoms with E-state index < -0.39 is 10.5 Å². The van der Waals surface area contributed by atoms with Gasteiger partial charge in [0.15, 0.2) is 5.78 Å². The first-order valence-electron chi connectivity index (χ1n) is 15.4. The highest BCUT2D eigenvalue weighted by Crippen LogP contribution is 2.66. The van der Waals surface area contributed by atoms with Gasteiger partial charge in [-0.2, -0.15) is 0 Å². The van der Waals surface area contributed by atoms with Gasteiger partial charge in [0, 0.05) is 28.9 Å². The number of nitrogens with one attached hydrogen (secondary N) is 1. The molecule has 2 aromatic carbocycles. The molecule has 0 unspecified atom stereocenters. The Labute approximate surface area is 257 Å². The standard InChI is InChI=1S/C21H28O2.C14H10N2O3S/c1-3-20-11-9-17-16-8-6-15(22)13-14(16)5-7-18(17)19(20)10-12-21(20,23)4-2;17-14-8-20-13-7-10(4-5-12(13)15-14)9-2-1-3-11(6-9)16(18)19/h2,13,16-19,23H,3,5-12H2,1H3;1-7H,8H2,(H,15,17)/t16-,17+,18+,19-,20-,21-;/m0./s1. The monoisotopic (exact) mass is 598 g/mol. The minimum atomic E-state index is -0.893. The number of carbonyl (C=O) groups is 2. The van der Waals surface area contributed by atoms with Gasteiger partial charge < -0.3 is 10.4 Å². The van der Waals surface area contributed by atoms with Gasteiger partial charge in [-0.3, -0.25) is 19.7 Å². The number of non-ortho nitro benzene ring substituents is 1. The lowest BCUT2D eigenvalue weighted by atomic mass is 9.49. The summed E-state index contributed by atoms with van der Waals surface area (Å²) in [5.41, 5.74) is 3.03. The van der Waals surface area contributed by atoms with Crippen molar-refractivity contribution < 1.29 is 19.6 Å². The molecule has 0 aromatic heterocycles. The minimum absolute atomic E-state index is 0.00870. The summed E-state index contributed by atoms with van der Waals surface area (Å²) in [7, 11) is 0. The Morgan fingerprint density at radius 3 is 2.65 bits per heavy atom. The molecule has 2 aromatic rings. The van der Waals surface area contributed by atoms with Crippen LogP contribution in [0.3, 0.4) is 0 Å². The largest absolute Gasteiger partial charge is 0.377 e. The summed E-state index contributed by atoms with van der Waals surface area (Å²) < 4.78 is 0. The van der Waals surface area contributed by atoms with Gasteiger partial charge in [0.1, 0.15) is 5.60 Å². The number of nitro benzene ring substituents is 1. The Morgan fingerprint density at radius 1 is 1.07 bits per heavy atom. The molecule has 3 fully saturated rings. The lowest BCUT2D eigenvalue weighted by molar-refractivity contribution is -0.384. The molecular weight excluding hydrogens is 560 g/mol. The third-order valence-corrected chi connectivity index (χ3v) is 12.1. The molecule has 7 nitrogen and oxygen atoms in total. The molecular formula is C35H38N2O5S. The maximum atomic E-state index is 11.8. The van der Waals surface area contributed by atoms with Crippen LogP contribution >= 0.6 is 11.8 Å². The van der Waals surface area contributed by atoms with E-state index >= 15 is 0 Å². The van der Waals surface area contributed by atoms with E-state index in [1.165, 1.54) is 36.2 Å². The molecule has 1 aliphatic heterocycles. The van der Waals surface area contributed by atoms with Crippen molar-refractivity contribution in [1.29, 1.82) is 0 Å². The second-order valence-electron chi connectivity index (χ2n) is 12.8. The molecule has 7 rings (SSSR count). The lowest BCUT2D eigenvalue weighted by Gasteiger charge is -2.55. The summed E-state index contributed by atoms with van der Waals surface area (Å²) in [6.45, 7) is 2.22. The zero-order valence-corrected chi connectivity index (χ0v) is 25.3. The van der Waals surface area contributed by atoms with Gasteiger partial charge in [0.2, 0.25) is 5.91 Å². The van der Waals surface area contributed by atoms with Crippen molar-refractivity contribution >= 4 is 34.8 Å². The average molecular weight is 599 g/mol. The average Bonchev–Trinajstić information content (AvgIpc) is 3.34. The van der Waals surface area contributed by atoms with Crippen molar-refractivity contribution in [1.82, 2.24) is 0 Å². The van der Waals surface area contributed by atoms with E-state index in [0.29, 0.717) is 35.2 Å². The molecule has 3 saturated carbocycles. The van der Waals surface area contributed by atoms with Crippen molar-refractivity contribution in [2.24, 2.45) is 29.1 Å².